The van der Waals surface area contributed by atoms with Crippen molar-refractivity contribution in [3.05, 3.63) is 63.2 Å². The van der Waals surface area contributed by atoms with Gasteiger partial charge < -0.3 is 5.32 Å². The van der Waals surface area contributed by atoms with Crippen LogP contribution in [0.4, 0.5) is 0 Å². The number of benzene rings is 1. The summed E-state index contributed by atoms with van der Waals surface area (Å²) in [6.07, 6.45) is 3.90. The molecule has 2 unspecified atom stereocenters. The van der Waals surface area contributed by atoms with E-state index in [9.17, 15) is 10.1 Å². The summed E-state index contributed by atoms with van der Waals surface area (Å²) in [6.45, 7) is 9.69. The van der Waals surface area contributed by atoms with Crippen LogP contribution in [-0.2, 0) is 0 Å². The first kappa shape index (κ1) is 16.4. The second-order valence-corrected chi connectivity index (χ2v) is 6.49. The summed E-state index contributed by atoms with van der Waals surface area (Å²) >= 11 is 0. The molecule has 0 radical (unpaired) electrons. The molecule has 0 spiro atoms. The fraction of sp³-hybridized carbons (Fsp3) is 0.444. The van der Waals surface area contributed by atoms with E-state index in [-0.39, 0.29) is 17.0 Å². The number of aryl methyl sites for hydroxylation is 1. The molecule has 0 amide bonds. The largest absolute Gasteiger partial charge is 0.302 e. The minimum Gasteiger partial charge on any atom is -0.302 e. The Morgan fingerprint density at radius 2 is 1.82 bits per heavy atom. The maximum Gasteiger partial charge on any atom is 0.263 e. The first-order valence-electron chi connectivity index (χ1n) is 7.64. The number of hydrogen-bond acceptors (Lipinski definition) is 3. The maximum absolute atomic E-state index is 12.0. The van der Waals surface area contributed by atoms with E-state index >= 15 is 0 Å². The van der Waals surface area contributed by atoms with Crippen LogP contribution < -0.4 is 5.32 Å². The smallest absolute Gasteiger partial charge is 0.263 e. The Kier molecular flexibility index (Phi) is 4.52. The van der Waals surface area contributed by atoms with Crippen LogP contribution in [0.25, 0.3) is 5.57 Å². The number of nitrogens with one attached hydrogen (secondary N) is 1. The van der Waals surface area contributed by atoms with Crippen molar-refractivity contribution in [3.63, 3.8) is 0 Å². The third-order valence-corrected chi connectivity index (χ3v) is 4.28. The highest BCUT2D eigenvalue weighted by atomic mass is 16.6. The van der Waals surface area contributed by atoms with Gasteiger partial charge in [-0.3, -0.25) is 10.1 Å². The van der Waals surface area contributed by atoms with Crippen molar-refractivity contribution in [1.29, 1.82) is 0 Å². The molecule has 1 aromatic carbocycles. The van der Waals surface area contributed by atoms with E-state index in [1.54, 1.807) is 6.92 Å². The summed E-state index contributed by atoms with van der Waals surface area (Å²) < 4.78 is 0. The molecule has 0 bridgehead atoms. The molecule has 1 aliphatic carbocycles. The monoisotopic (exact) mass is 300 g/mol. The van der Waals surface area contributed by atoms with E-state index in [0.717, 1.165) is 22.3 Å². The zero-order valence-electron chi connectivity index (χ0n) is 13.9. The highest BCUT2D eigenvalue weighted by Gasteiger charge is 2.51. The normalized spacial score (nSPS) is 24.9. The molecule has 0 saturated carbocycles. The molecule has 0 saturated heterocycles. The lowest BCUT2D eigenvalue weighted by Crippen LogP contribution is -2.56. The second-order valence-electron chi connectivity index (χ2n) is 6.49. The molecule has 0 aromatic heterocycles. The van der Waals surface area contributed by atoms with Gasteiger partial charge in [-0.2, -0.15) is 0 Å². The van der Waals surface area contributed by atoms with Crippen LogP contribution in [0.15, 0.2) is 42.0 Å². The summed E-state index contributed by atoms with van der Waals surface area (Å²) in [5, 5.41) is 15.3. The van der Waals surface area contributed by atoms with Crippen molar-refractivity contribution in [2.24, 2.45) is 0 Å². The fourth-order valence-electron chi connectivity index (χ4n) is 3.09. The van der Waals surface area contributed by atoms with Crippen LogP contribution in [0.3, 0.4) is 0 Å². The second kappa shape index (κ2) is 6.05. The molecule has 0 fully saturated rings. The van der Waals surface area contributed by atoms with Crippen LogP contribution in [0.5, 0.6) is 0 Å². The van der Waals surface area contributed by atoms with Crippen LogP contribution in [-0.4, -0.2) is 22.5 Å². The predicted molar refractivity (Wildman–Crippen MR) is 90.4 cm³/mol. The molecule has 0 aliphatic heterocycles. The standard InChI is InChI=1S/C18H24N2O2/c1-12(2)19-16-11-8-14(4)17(18(16,5)20(21)22)15-9-6-13(3)7-10-15/h6-12,16,19H,1-5H3. The Hall–Kier alpha value is -1.94. The predicted octanol–water partition coefficient (Wildman–Crippen LogP) is 3.74. The summed E-state index contributed by atoms with van der Waals surface area (Å²) in [5.41, 5.74) is 2.62. The first-order chi connectivity index (χ1) is 10.3. The van der Waals surface area contributed by atoms with Gasteiger partial charge in [0.1, 0.15) is 6.04 Å². The molecule has 4 nitrogen and oxygen atoms in total. The molecule has 1 N–H and O–H groups in total. The van der Waals surface area contributed by atoms with E-state index in [2.05, 4.69) is 5.32 Å². The summed E-state index contributed by atoms with van der Waals surface area (Å²) in [4.78, 5) is 11.8. The zero-order valence-corrected chi connectivity index (χ0v) is 13.9. The highest BCUT2D eigenvalue weighted by Crippen LogP contribution is 2.39. The third kappa shape index (κ3) is 2.83. The van der Waals surface area contributed by atoms with Gasteiger partial charge in [-0.1, -0.05) is 55.8 Å². The molecule has 1 aromatic rings. The van der Waals surface area contributed by atoms with Crippen LogP contribution >= 0.6 is 0 Å². The molecule has 4 heteroatoms. The lowest BCUT2D eigenvalue weighted by Gasteiger charge is -2.35. The van der Waals surface area contributed by atoms with Gasteiger partial charge in [-0.05, 0) is 25.0 Å². The van der Waals surface area contributed by atoms with Crippen molar-refractivity contribution in [2.45, 2.75) is 52.2 Å². The van der Waals surface area contributed by atoms with Crippen LogP contribution in [0.1, 0.15) is 38.8 Å². The molecule has 1 aliphatic rings. The minimum atomic E-state index is -1.18. The van der Waals surface area contributed by atoms with Crippen LogP contribution in [0, 0.1) is 17.0 Å². The van der Waals surface area contributed by atoms with Crippen molar-refractivity contribution in [3.8, 4) is 0 Å². The molecule has 0 heterocycles. The fourth-order valence-corrected chi connectivity index (χ4v) is 3.09. The third-order valence-electron chi connectivity index (χ3n) is 4.28. The number of nitro groups is 1. The van der Waals surface area contributed by atoms with Crippen molar-refractivity contribution in [1.82, 2.24) is 5.32 Å². The zero-order chi connectivity index (χ0) is 16.5. The molecule has 2 rings (SSSR count). The Balaban J connectivity index is 2.58. The first-order valence-corrected chi connectivity index (χ1v) is 7.64. The minimum absolute atomic E-state index is 0.158. The maximum atomic E-state index is 12.0. The summed E-state index contributed by atoms with van der Waals surface area (Å²) in [5.74, 6) is 0. The van der Waals surface area contributed by atoms with Gasteiger partial charge >= 0.3 is 0 Å². The Bertz CT molecular complexity index is 629. The molecule has 22 heavy (non-hydrogen) atoms. The van der Waals surface area contributed by atoms with E-state index in [1.807, 2.05) is 64.1 Å². The van der Waals surface area contributed by atoms with Gasteiger partial charge in [0.15, 0.2) is 0 Å². The van der Waals surface area contributed by atoms with Gasteiger partial charge in [0.2, 0.25) is 0 Å². The average molecular weight is 300 g/mol. The van der Waals surface area contributed by atoms with Crippen molar-refractivity contribution in [2.75, 3.05) is 0 Å². The molecular weight excluding hydrogens is 276 g/mol. The molecular formula is C18H24N2O2. The van der Waals surface area contributed by atoms with Gasteiger partial charge in [0, 0.05) is 23.5 Å². The van der Waals surface area contributed by atoms with Crippen molar-refractivity contribution >= 4 is 5.57 Å². The Morgan fingerprint density at radius 3 is 2.32 bits per heavy atom. The number of allylic oxidation sites excluding steroid dienone is 2. The average Bonchev–Trinajstić information content (AvgIpc) is 2.43. The number of nitrogens with zero attached hydrogens (tertiary/aromatic N) is 1. The number of rotatable bonds is 4. The van der Waals surface area contributed by atoms with Gasteiger partial charge in [-0.15, -0.1) is 0 Å². The lowest BCUT2D eigenvalue weighted by molar-refractivity contribution is -0.549. The van der Waals surface area contributed by atoms with Crippen molar-refractivity contribution < 1.29 is 4.92 Å². The van der Waals surface area contributed by atoms with E-state index in [1.165, 1.54) is 0 Å². The Morgan fingerprint density at radius 1 is 1.23 bits per heavy atom. The lowest BCUT2D eigenvalue weighted by atomic mass is 9.75. The van der Waals surface area contributed by atoms with Gasteiger partial charge in [0.25, 0.3) is 5.54 Å². The number of hydrogen-bond donors (Lipinski definition) is 1. The SMILES string of the molecule is CC1=C(c2ccc(C)cc2)C(C)([N+](=O)[O-])C(NC(C)C)C=C1. The summed E-state index contributed by atoms with van der Waals surface area (Å²) in [6, 6.07) is 7.79. The Labute approximate surface area is 132 Å². The van der Waals surface area contributed by atoms with Crippen LogP contribution in [0.2, 0.25) is 0 Å². The van der Waals surface area contributed by atoms with Gasteiger partial charge in [-0.25, -0.2) is 0 Å². The van der Waals surface area contributed by atoms with E-state index in [4.69, 9.17) is 0 Å². The molecule has 118 valence electrons. The summed E-state index contributed by atoms with van der Waals surface area (Å²) in [7, 11) is 0. The van der Waals surface area contributed by atoms with E-state index < -0.39 is 5.54 Å². The quantitative estimate of drug-likeness (QED) is 0.680. The molecule has 2 atom stereocenters. The van der Waals surface area contributed by atoms with E-state index in [0.29, 0.717) is 0 Å². The van der Waals surface area contributed by atoms with Gasteiger partial charge in [0.05, 0.1) is 0 Å². The topological polar surface area (TPSA) is 55.2 Å². The highest BCUT2D eigenvalue weighted by molar-refractivity contribution is 5.78.